The van der Waals surface area contributed by atoms with Gasteiger partial charge in [0.15, 0.2) is 0 Å². The Morgan fingerprint density at radius 1 is 1.10 bits per heavy atom. The van der Waals surface area contributed by atoms with Crippen LogP contribution >= 0.6 is 11.8 Å². The Balaban J connectivity index is 2.11. The van der Waals surface area contributed by atoms with Gasteiger partial charge < -0.3 is 15.7 Å². The van der Waals surface area contributed by atoms with Crippen LogP contribution in [0.4, 0.5) is 8.78 Å². The van der Waals surface area contributed by atoms with Crippen LogP contribution in [0.3, 0.4) is 0 Å². The predicted octanol–water partition coefficient (Wildman–Crippen LogP) is 4.17. The van der Waals surface area contributed by atoms with Gasteiger partial charge in [-0.25, -0.2) is 8.78 Å². The molecule has 0 spiro atoms. The zero-order valence-electron chi connectivity index (χ0n) is 17.5. The molecular formula is C23H30F2N2O2S. The molecule has 0 radical (unpaired) electrons. The molecule has 30 heavy (non-hydrogen) atoms. The topological polar surface area (TPSA) is 61.4 Å². The highest BCUT2D eigenvalue weighted by atomic mass is 32.2. The first-order valence-corrected chi connectivity index (χ1v) is 11.3. The Bertz CT molecular complexity index is 782. The van der Waals surface area contributed by atoms with Crippen LogP contribution in [0.2, 0.25) is 0 Å². The molecule has 2 aromatic rings. The number of benzene rings is 2. The molecule has 0 aliphatic carbocycles. The van der Waals surface area contributed by atoms with Crippen LogP contribution in [0.5, 0.6) is 0 Å². The van der Waals surface area contributed by atoms with Gasteiger partial charge in [0.05, 0.1) is 12.1 Å². The normalized spacial score (nSPS) is 13.1. The molecule has 0 saturated heterocycles. The van der Waals surface area contributed by atoms with Gasteiger partial charge in [-0.15, -0.1) is 11.8 Å². The predicted molar refractivity (Wildman–Crippen MR) is 118 cm³/mol. The number of carbonyl (C=O) groups excluding carboxylic acids is 1. The summed E-state index contributed by atoms with van der Waals surface area (Å²) in [5.74, 6) is -0.767. The van der Waals surface area contributed by atoms with Crippen molar-refractivity contribution in [2.75, 3.05) is 18.8 Å². The first-order chi connectivity index (χ1) is 14.4. The van der Waals surface area contributed by atoms with E-state index in [1.54, 1.807) is 23.9 Å². The second-order valence-corrected chi connectivity index (χ2v) is 8.48. The minimum Gasteiger partial charge on any atom is -0.390 e. The smallest absolute Gasteiger partial charge is 0.251 e. The molecule has 0 aliphatic heterocycles. The van der Waals surface area contributed by atoms with Gasteiger partial charge >= 0.3 is 0 Å². The molecule has 164 valence electrons. The molecule has 0 aromatic heterocycles. The van der Waals surface area contributed by atoms with Gasteiger partial charge in [0.1, 0.15) is 11.6 Å². The molecule has 2 aromatic carbocycles. The third-order valence-corrected chi connectivity index (χ3v) is 5.54. The monoisotopic (exact) mass is 436 g/mol. The van der Waals surface area contributed by atoms with Crippen molar-refractivity contribution in [3.63, 3.8) is 0 Å². The molecule has 0 fully saturated rings. The highest BCUT2D eigenvalue weighted by Gasteiger charge is 2.23. The number of halogens is 2. The fourth-order valence-electron chi connectivity index (χ4n) is 3.08. The van der Waals surface area contributed by atoms with Gasteiger partial charge in [-0.2, -0.15) is 0 Å². The van der Waals surface area contributed by atoms with Gasteiger partial charge in [0.25, 0.3) is 5.91 Å². The maximum absolute atomic E-state index is 13.6. The molecule has 1 amide bonds. The summed E-state index contributed by atoms with van der Waals surface area (Å²) in [5, 5.41) is 16.6. The van der Waals surface area contributed by atoms with Crippen LogP contribution in [0.15, 0.2) is 47.4 Å². The molecule has 4 nitrogen and oxygen atoms in total. The number of thioether (sulfide) groups is 1. The second-order valence-electron chi connectivity index (χ2n) is 7.14. The van der Waals surface area contributed by atoms with Gasteiger partial charge in [-0.05, 0) is 67.1 Å². The van der Waals surface area contributed by atoms with E-state index in [0.717, 1.165) is 36.1 Å². The average Bonchev–Trinajstić information content (AvgIpc) is 2.70. The fourth-order valence-corrected chi connectivity index (χ4v) is 3.74. The van der Waals surface area contributed by atoms with Crippen molar-refractivity contribution >= 4 is 17.7 Å². The third-order valence-electron chi connectivity index (χ3n) is 4.65. The highest BCUT2D eigenvalue weighted by Crippen LogP contribution is 2.18. The van der Waals surface area contributed by atoms with E-state index in [2.05, 4.69) is 24.5 Å². The van der Waals surface area contributed by atoms with Crippen LogP contribution in [-0.4, -0.2) is 42.0 Å². The summed E-state index contributed by atoms with van der Waals surface area (Å²) in [6.45, 7) is 5.15. The van der Waals surface area contributed by atoms with Crippen molar-refractivity contribution in [2.45, 2.75) is 50.2 Å². The quantitative estimate of drug-likeness (QED) is 0.345. The second kappa shape index (κ2) is 12.7. The Morgan fingerprint density at radius 2 is 1.77 bits per heavy atom. The van der Waals surface area contributed by atoms with Crippen molar-refractivity contribution in [3.05, 3.63) is 65.2 Å². The maximum atomic E-state index is 13.6. The Morgan fingerprint density at radius 3 is 2.37 bits per heavy atom. The van der Waals surface area contributed by atoms with Gasteiger partial charge in [-0.3, -0.25) is 4.79 Å². The zero-order valence-corrected chi connectivity index (χ0v) is 18.3. The molecule has 0 heterocycles. The fraction of sp³-hybridized carbons (Fsp3) is 0.435. The minimum absolute atomic E-state index is 0.112. The van der Waals surface area contributed by atoms with Gasteiger partial charge in [0.2, 0.25) is 0 Å². The van der Waals surface area contributed by atoms with Crippen molar-refractivity contribution in [2.24, 2.45) is 0 Å². The van der Waals surface area contributed by atoms with E-state index >= 15 is 0 Å². The minimum atomic E-state index is -0.910. The lowest BCUT2D eigenvalue weighted by molar-refractivity contribution is 0.0830. The number of nitrogens with one attached hydrogen (secondary N) is 2. The first kappa shape index (κ1) is 24.3. The van der Waals surface area contributed by atoms with E-state index in [1.165, 1.54) is 12.1 Å². The van der Waals surface area contributed by atoms with Crippen LogP contribution in [-0.2, 0) is 6.42 Å². The molecule has 0 saturated carbocycles. The van der Waals surface area contributed by atoms with E-state index in [-0.39, 0.29) is 18.9 Å². The summed E-state index contributed by atoms with van der Waals surface area (Å²) >= 11 is 1.68. The summed E-state index contributed by atoms with van der Waals surface area (Å²) in [7, 11) is 0. The number of carbonyl (C=O) groups is 1. The SMILES string of the molecule is CCCCNCC(O)C(Cc1cc(F)cc(F)c1)NC(=O)c1ccc(SCC)cc1. The number of aliphatic hydroxyl groups excluding tert-OH is 1. The van der Waals surface area contributed by atoms with Crippen LogP contribution in [0, 0.1) is 11.6 Å². The molecule has 7 heteroatoms. The van der Waals surface area contributed by atoms with E-state index < -0.39 is 23.8 Å². The number of rotatable bonds is 12. The van der Waals surface area contributed by atoms with E-state index in [4.69, 9.17) is 0 Å². The summed E-state index contributed by atoms with van der Waals surface area (Å²) < 4.78 is 27.2. The lowest BCUT2D eigenvalue weighted by Gasteiger charge is -2.25. The maximum Gasteiger partial charge on any atom is 0.251 e. The summed E-state index contributed by atoms with van der Waals surface area (Å²) in [6, 6.07) is 9.77. The Kier molecular flexibility index (Phi) is 10.3. The molecule has 2 unspecified atom stereocenters. The van der Waals surface area contributed by atoms with Crippen molar-refractivity contribution in [3.8, 4) is 0 Å². The number of unbranched alkanes of at least 4 members (excludes halogenated alkanes) is 1. The molecule has 2 atom stereocenters. The molecule has 2 rings (SSSR count). The van der Waals surface area contributed by atoms with E-state index in [0.29, 0.717) is 11.1 Å². The van der Waals surface area contributed by atoms with Gasteiger partial charge in [0, 0.05) is 23.1 Å². The number of hydrogen-bond donors (Lipinski definition) is 3. The zero-order chi connectivity index (χ0) is 21.9. The van der Waals surface area contributed by atoms with Crippen LogP contribution in [0.1, 0.15) is 42.6 Å². The number of aliphatic hydroxyl groups is 1. The van der Waals surface area contributed by atoms with Gasteiger partial charge in [-0.1, -0.05) is 20.3 Å². The number of amides is 1. The standard InChI is InChI=1S/C23H30F2N2O2S/c1-3-5-10-26-15-22(28)21(13-16-11-18(24)14-19(25)12-16)27-23(29)17-6-8-20(9-7-17)30-4-2/h6-9,11-12,14,21-22,26,28H,3-5,10,13,15H2,1-2H3,(H,27,29). The highest BCUT2D eigenvalue weighted by molar-refractivity contribution is 7.99. The first-order valence-electron chi connectivity index (χ1n) is 10.3. The van der Waals surface area contributed by atoms with Crippen molar-refractivity contribution in [1.29, 1.82) is 0 Å². The summed E-state index contributed by atoms with van der Waals surface area (Å²) in [5.41, 5.74) is 0.845. The van der Waals surface area contributed by atoms with Crippen molar-refractivity contribution < 1.29 is 18.7 Å². The number of hydrogen-bond acceptors (Lipinski definition) is 4. The average molecular weight is 437 g/mol. The Hall–Kier alpha value is -1.96. The molecular weight excluding hydrogens is 406 g/mol. The van der Waals surface area contributed by atoms with Crippen molar-refractivity contribution in [1.82, 2.24) is 10.6 Å². The largest absolute Gasteiger partial charge is 0.390 e. The summed E-state index contributed by atoms with van der Waals surface area (Å²) in [4.78, 5) is 13.8. The van der Waals surface area contributed by atoms with E-state index in [1.807, 2.05) is 12.1 Å². The molecule has 0 bridgehead atoms. The van der Waals surface area contributed by atoms with E-state index in [9.17, 15) is 18.7 Å². The van der Waals surface area contributed by atoms with Crippen LogP contribution < -0.4 is 10.6 Å². The molecule has 3 N–H and O–H groups in total. The molecule has 0 aliphatic rings. The summed E-state index contributed by atoms with van der Waals surface area (Å²) in [6.07, 6.45) is 1.20. The van der Waals surface area contributed by atoms with Crippen LogP contribution in [0.25, 0.3) is 0 Å². The lowest BCUT2D eigenvalue weighted by atomic mass is 10.00. The third kappa shape index (κ3) is 8.05. The lowest BCUT2D eigenvalue weighted by Crippen LogP contribution is -2.48. The Labute approximate surface area is 181 Å².